The third kappa shape index (κ3) is 9.63. The van der Waals surface area contributed by atoms with E-state index >= 15 is 0 Å². The van der Waals surface area contributed by atoms with Gasteiger partial charge in [-0.1, -0.05) is 125 Å². The lowest BCUT2D eigenvalue weighted by molar-refractivity contribution is -0.150. The molecule has 5 heteroatoms. The van der Waals surface area contributed by atoms with Gasteiger partial charge < -0.3 is 9.47 Å². The van der Waals surface area contributed by atoms with Gasteiger partial charge in [0.1, 0.15) is 12.2 Å². The van der Waals surface area contributed by atoms with E-state index in [0.717, 1.165) is 85.4 Å². The molecular formula is C58H94O5. The van der Waals surface area contributed by atoms with E-state index < -0.39 is 0 Å². The molecule has 0 spiro atoms. The van der Waals surface area contributed by atoms with E-state index in [0.29, 0.717) is 33.9 Å². The molecule has 0 aromatic carbocycles. The number of ether oxygens (including phenoxy) is 2. The van der Waals surface area contributed by atoms with Crippen molar-refractivity contribution in [3.05, 3.63) is 23.3 Å². The Morgan fingerprint density at radius 2 is 1.06 bits per heavy atom. The van der Waals surface area contributed by atoms with Crippen LogP contribution < -0.4 is 0 Å². The SMILES string of the molecule is CC(=O)O[C@H]1CC[C@@]2(C)C(=CC(=O)C3C4CCC([C@H](C)CCCC(C)C)[C@@]4(C)CCC32)C1.CC(=O)O[C@H]1CC[C@@]2(C)C(=CCC3C4CCC([C@H](C)CCCC(C)C)[C@@]4(C)CCC32)C1. The molecule has 5 nitrogen and oxygen atoms in total. The Hall–Kier alpha value is -1.91. The van der Waals surface area contributed by atoms with E-state index in [1.807, 2.05) is 6.08 Å². The summed E-state index contributed by atoms with van der Waals surface area (Å²) < 4.78 is 11.2. The van der Waals surface area contributed by atoms with E-state index in [2.05, 4.69) is 75.3 Å². The number of hydrogen-bond acceptors (Lipinski definition) is 5. The topological polar surface area (TPSA) is 69.7 Å². The van der Waals surface area contributed by atoms with Crippen molar-refractivity contribution in [1.29, 1.82) is 0 Å². The molecule has 0 N–H and O–H groups in total. The number of carbonyl (C=O) groups is 3. The number of allylic oxidation sites excluding steroid dienone is 2. The fourth-order valence-electron chi connectivity index (χ4n) is 17.7. The predicted molar refractivity (Wildman–Crippen MR) is 258 cm³/mol. The Balaban J connectivity index is 0.000000189. The second-order valence-electron chi connectivity index (χ2n) is 25.5. The zero-order valence-electron chi connectivity index (χ0n) is 42.6. The van der Waals surface area contributed by atoms with Crippen LogP contribution in [-0.2, 0) is 23.9 Å². The summed E-state index contributed by atoms with van der Waals surface area (Å²) >= 11 is 0. The average Bonchev–Trinajstić information content (AvgIpc) is 3.75. The summed E-state index contributed by atoms with van der Waals surface area (Å²) in [5.41, 5.74) is 4.23. The van der Waals surface area contributed by atoms with Gasteiger partial charge in [0.05, 0.1) is 0 Å². The molecule has 16 atom stereocenters. The first-order chi connectivity index (χ1) is 29.7. The van der Waals surface area contributed by atoms with Crippen LogP contribution in [0.25, 0.3) is 0 Å². The average molecular weight is 871 g/mol. The van der Waals surface area contributed by atoms with Crippen molar-refractivity contribution < 1.29 is 23.9 Å². The lowest BCUT2D eigenvalue weighted by Gasteiger charge is -2.58. The molecule has 63 heavy (non-hydrogen) atoms. The van der Waals surface area contributed by atoms with Crippen LogP contribution in [-0.4, -0.2) is 29.9 Å². The first kappa shape index (κ1) is 49.0. The number of hydrogen-bond donors (Lipinski definition) is 0. The molecule has 8 aliphatic carbocycles. The van der Waals surface area contributed by atoms with E-state index in [1.54, 1.807) is 12.5 Å². The zero-order chi connectivity index (χ0) is 45.6. The quantitative estimate of drug-likeness (QED) is 0.144. The van der Waals surface area contributed by atoms with Gasteiger partial charge >= 0.3 is 11.9 Å². The van der Waals surface area contributed by atoms with E-state index in [9.17, 15) is 14.4 Å². The smallest absolute Gasteiger partial charge is 0.302 e. The van der Waals surface area contributed by atoms with Gasteiger partial charge in [-0.15, -0.1) is 0 Å². The molecule has 8 unspecified atom stereocenters. The highest BCUT2D eigenvalue weighted by molar-refractivity contribution is 5.94. The highest BCUT2D eigenvalue weighted by atomic mass is 16.5. The number of carbonyl (C=O) groups excluding carboxylic acids is 3. The summed E-state index contributed by atoms with van der Waals surface area (Å²) in [6.45, 7) is 27.7. The van der Waals surface area contributed by atoms with Crippen LogP contribution in [0.15, 0.2) is 23.3 Å². The molecule has 8 rings (SSSR count). The fraction of sp³-hybridized carbons (Fsp3) is 0.879. The highest BCUT2D eigenvalue weighted by Gasteiger charge is 2.62. The van der Waals surface area contributed by atoms with Gasteiger partial charge in [0.15, 0.2) is 5.78 Å². The molecule has 0 amide bonds. The number of fused-ring (bicyclic) bond motifs is 10. The molecule has 0 radical (unpaired) electrons. The second-order valence-corrected chi connectivity index (χ2v) is 25.5. The van der Waals surface area contributed by atoms with E-state index in [1.165, 1.54) is 115 Å². The number of ketones is 1. The summed E-state index contributed by atoms with van der Waals surface area (Å²) in [4.78, 5) is 36.5. The summed E-state index contributed by atoms with van der Waals surface area (Å²) in [6, 6.07) is 0. The minimum absolute atomic E-state index is 0.0485. The Kier molecular flexibility index (Phi) is 15.1. The molecule has 356 valence electrons. The molecule has 0 aromatic heterocycles. The molecule has 0 saturated heterocycles. The van der Waals surface area contributed by atoms with Crippen LogP contribution >= 0.6 is 0 Å². The third-order valence-corrected chi connectivity index (χ3v) is 21.0. The maximum atomic E-state index is 13.6. The summed E-state index contributed by atoms with van der Waals surface area (Å²) in [7, 11) is 0. The maximum Gasteiger partial charge on any atom is 0.302 e. The largest absolute Gasteiger partial charge is 0.462 e. The normalized spacial score (nSPS) is 42.5. The number of rotatable bonds is 12. The van der Waals surface area contributed by atoms with Crippen LogP contribution in [0.4, 0.5) is 0 Å². The van der Waals surface area contributed by atoms with Crippen molar-refractivity contribution in [2.45, 2.75) is 230 Å². The molecular weight excluding hydrogens is 777 g/mol. The van der Waals surface area contributed by atoms with E-state index in [-0.39, 0.29) is 35.5 Å². The van der Waals surface area contributed by atoms with Crippen molar-refractivity contribution in [2.24, 2.45) is 92.7 Å². The van der Waals surface area contributed by atoms with Gasteiger partial charge in [0.25, 0.3) is 0 Å². The molecule has 0 aliphatic heterocycles. The lowest BCUT2D eigenvalue weighted by atomic mass is 9.46. The summed E-state index contributed by atoms with van der Waals surface area (Å²) in [6.07, 6.45) is 31.0. The summed E-state index contributed by atoms with van der Waals surface area (Å²) in [5, 5.41) is 0. The maximum absolute atomic E-state index is 13.6. The van der Waals surface area contributed by atoms with Crippen LogP contribution in [0.5, 0.6) is 0 Å². The molecule has 0 aromatic rings. The zero-order valence-corrected chi connectivity index (χ0v) is 42.6. The third-order valence-electron chi connectivity index (χ3n) is 21.0. The van der Waals surface area contributed by atoms with E-state index in [4.69, 9.17) is 9.47 Å². The highest BCUT2D eigenvalue weighted by Crippen LogP contribution is 2.69. The monoisotopic (exact) mass is 871 g/mol. The van der Waals surface area contributed by atoms with Crippen LogP contribution in [0, 0.1) is 92.7 Å². The molecule has 0 heterocycles. The first-order valence-electron chi connectivity index (χ1n) is 27.0. The standard InChI is InChI=1S/C29H46O3.C29H48O2/c1-18(2)8-7-9-19(3)23-10-11-24-27-25(13-15-29(23,24)6)28(5)14-12-22(32-20(4)30)16-21(28)17-26(27)31;1-19(2)8-7-9-20(3)25-12-13-26-24-11-10-22-18-23(31-21(4)30)14-16-28(22,5)27(24)15-17-29(25,26)6/h17-19,22-25,27H,7-16H2,1-6H3;10,19-20,23-27H,7-9,11-18H2,1-6H3/t19-,22+,23?,24?,25?,27?,28+,29-;20-,23+,24?,25?,26?,27?,28+,29-/m11/s1. The summed E-state index contributed by atoms with van der Waals surface area (Å²) in [5.74, 6) is 8.93. The van der Waals surface area contributed by atoms with Gasteiger partial charge in [-0.2, -0.15) is 0 Å². The van der Waals surface area contributed by atoms with Crippen LogP contribution in [0.3, 0.4) is 0 Å². The predicted octanol–water partition coefficient (Wildman–Crippen LogP) is 15.1. The molecule has 8 aliphatic rings. The van der Waals surface area contributed by atoms with Gasteiger partial charge in [-0.05, 0) is 176 Å². The Bertz CT molecular complexity index is 1710. The van der Waals surface area contributed by atoms with Crippen molar-refractivity contribution in [1.82, 2.24) is 0 Å². The molecule has 0 bridgehead atoms. The van der Waals surface area contributed by atoms with Gasteiger partial charge in [0.2, 0.25) is 0 Å². The van der Waals surface area contributed by atoms with Crippen molar-refractivity contribution in [3.8, 4) is 0 Å². The van der Waals surface area contributed by atoms with Crippen LogP contribution in [0.1, 0.15) is 218 Å². The molecule has 6 fully saturated rings. The van der Waals surface area contributed by atoms with Gasteiger partial charge in [-0.3, -0.25) is 14.4 Å². The first-order valence-corrected chi connectivity index (χ1v) is 27.0. The lowest BCUT2D eigenvalue weighted by Crippen LogP contribution is -2.53. The van der Waals surface area contributed by atoms with Crippen LogP contribution in [0.2, 0.25) is 0 Å². The Labute approximate surface area is 386 Å². The Morgan fingerprint density at radius 3 is 1.59 bits per heavy atom. The minimum Gasteiger partial charge on any atom is -0.462 e. The van der Waals surface area contributed by atoms with Crippen molar-refractivity contribution >= 4 is 17.7 Å². The Morgan fingerprint density at radius 1 is 0.587 bits per heavy atom. The second kappa shape index (κ2) is 19.4. The molecule has 6 saturated carbocycles. The van der Waals surface area contributed by atoms with Crippen molar-refractivity contribution in [2.75, 3.05) is 0 Å². The minimum atomic E-state index is -0.202. The van der Waals surface area contributed by atoms with Crippen molar-refractivity contribution in [3.63, 3.8) is 0 Å². The van der Waals surface area contributed by atoms with Gasteiger partial charge in [0, 0.05) is 32.6 Å². The fourth-order valence-corrected chi connectivity index (χ4v) is 17.7. The number of esters is 2. The van der Waals surface area contributed by atoms with Gasteiger partial charge in [-0.25, -0.2) is 0 Å².